The van der Waals surface area contributed by atoms with Crippen molar-refractivity contribution in [2.24, 2.45) is 0 Å². The highest BCUT2D eigenvalue weighted by Crippen LogP contribution is 2.51. The van der Waals surface area contributed by atoms with Crippen LogP contribution in [0.4, 0.5) is 0 Å². The van der Waals surface area contributed by atoms with Gasteiger partial charge >= 0.3 is 0 Å². The molecule has 1 aromatic rings. The van der Waals surface area contributed by atoms with Crippen LogP contribution in [0.25, 0.3) is 0 Å². The van der Waals surface area contributed by atoms with E-state index in [-0.39, 0.29) is 6.10 Å². The molecule has 2 aliphatic heterocycles. The molecule has 0 amide bonds. The molecule has 2 heterocycles. The molecule has 0 saturated carbocycles. The van der Waals surface area contributed by atoms with E-state index in [4.69, 9.17) is 26.5 Å². The molecule has 2 fully saturated rings. The molecule has 0 radical (unpaired) electrons. The van der Waals surface area contributed by atoms with Crippen LogP contribution in [0.1, 0.15) is 18.1 Å². The largest absolute Gasteiger partial charge is 0.281 e. The maximum atomic E-state index is 8.86. The van der Waals surface area contributed by atoms with Gasteiger partial charge in [-0.05, 0) is 22.9 Å². The van der Waals surface area contributed by atoms with Gasteiger partial charge in [-0.2, -0.15) is 5.26 Å². The van der Waals surface area contributed by atoms with E-state index < -0.39 is 5.72 Å². The summed E-state index contributed by atoms with van der Waals surface area (Å²) in [6.45, 7) is 0. The van der Waals surface area contributed by atoms with E-state index in [0.717, 1.165) is 5.56 Å². The second-order valence-corrected chi connectivity index (χ2v) is 4.03. The van der Waals surface area contributed by atoms with Crippen LogP contribution in [0.3, 0.4) is 0 Å². The van der Waals surface area contributed by atoms with Crippen molar-refractivity contribution in [2.45, 2.75) is 18.2 Å². The number of nitrogens with zero attached hydrogens (tertiary/aromatic N) is 2. The topological polar surface area (TPSA) is 48.6 Å². The third-order valence-electron chi connectivity index (χ3n) is 2.60. The fourth-order valence-corrected chi connectivity index (χ4v) is 1.83. The maximum Gasteiger partial charge on any atom is 0.281 e. The van der Waals surface area contributed by atoms with Crippen LogP contribution in [0, 0.1) is 11.3 Å². The highest BCUT2D eigenvalue weighted by molar-refractivity contribution is 6.30. The summed E-state index contributed by atoms with van der Waals surface area (Å²) in [6, 6.07) is 9.47. The third-order valence-corrected chi connectivity index (χ3v) is 2.85. The third kappa shape index (κ3) is 1.33. The van der Waals surface area contributed by atoms with Crippen LogP contribution >= 0.6 is 11.6 Å². The van der Waals surface area contributed by atoms with Crippen LogP contribution in [0.15, 0.2) is 24.3 Å². The van der Waals surface area contributed by atoms with Gasteiger partial charge in [0.1, 0.15) is 12.2 Å². The first-order valence-electron chi connectivity index (χ1n) is 4.56. The average molecular weight is 223 g/mol. The molecule has 2 aliphatic rings. The van der Waals surface area contributed by atoms with Gasteiger partial charge in [0.15, 0.2) is 0 Å². The van der Waals surface area contributed by atoms with Gasteiger partial charge in [-0.3, -0.25) is 4.84 Å². The van der Waals surface area contributed by atoms with Crippen molar-refractivity contribution in [3.05, 3.63) is 34.9 Å². The predicted molar refractivity (Wildman–Crippen MR) is 51.2 cm³/mol. The standard InChI is InChI=1S/C10H7ClN2O2/c11-8-3-1-7(2-4-8)9-5-10(6-12)13(14-9)15-10/h1-4,9H,5H2. The molecule has 3 rings (SSSR count). The molecule has 0 aliphatic carbocycles. The van der Waals surface area contributed by atoms with Crippen molar-refractivity contribution in [2.75, 3.05) is 0 Å². The van der Waals surface area contributed by atoms with Crippen LogP contribution in [-0.2, 0) is 9.68 Å². The fourth-order valence-electron chi connectivity index (χ4n) is 1.70. The van der Waals surface area contributed by atoms with Gasteiger partial charge in [0.05, 0.1) is 0 Å². The van der Waals surface area contributed by atoms with Crippen LogP contribution < -0.4 is 0 Å². The molecule has 5 heteroatoms. The van der Waals surface area contributed by atoms with Crippen molar-refractivity contribution in [1.82, 2.24) is 5.23 Å². The van der Waals surface area contributed by atoms with Gasteiger partial charge in [0.2, 0.25) is 0 Å². The monoisotopic (exact) mass is 222 g/mol. The minimum absolute atomic E-state index is 0.115. The van der Waals surface area contributed by atoms with E-state index >= 15 is 0 Å². The second-order valence-electron chi connectivity index (χ2n) is 3.59. The Labute approximate surface area is 91.5 Å². The molecule has 76 valence electrons. The summed E-state index contributed by atoms with van der Waals surface area (Å²) in [5.74, 6) is 0. The first-order valence-corrected chi connectivity index (χ1v) is 4.94. The molecule has 15 heavy (non-hydrogen) atoms. The first-order chi connectivity index (χ1) is 7.23. The number of hydroxylamine groups is 2. The summed E-state index contributed by atoms with van der Waals surface area (Å²) in [6.07, 6.45) is 0.418. The van der Waals surface area contributed by atoms with E-state index in [0.29, 0.717) is 11.4 Å². The minimum Gasteiger partial charge on any atom is -0.262 e. The molecule has 0 bridgehead atoms. The molecular formula is C10H7ClN2O2. The molecule has 0 aromatic heterocycles. The lowest BCUT2D eigenvalue weighted by Gasteiger charge is -2.10. The zero-order valence-corrected chi connectivity index (χ0v) is 8.44. The lowest BCUT2D eigenvalue weighted by Crippen LogP contribution is -2.07. The molecule has 3 unspecified atom stereocenters. The van der Waals surface area contributed by atoms with Crippen molar-refractivity contribution < 1.29 is 9.68 Å². The SMILES string of the molecule is N#CC12CC(c3ccc(Cl)cc3)ON1O2. The molecule has 0 N–H and O–H groups in total. The summed E-state index contributed by atoms with van der Waals surface area (Å²) >= 11 is 5.78. The first kappa shape index (κ1) is 9.13. The number of fused-ring (bicyclic) bond motifs is 1. The maximum absolute atomic E-state index is 8.86. The molecule has 0 spiro atoms. The number of hydrogen-bond donors (Lipinski definition) is 0. The Kier molecular flexibility index (Phi) is 1.79. The number of halogens is 1. The highest BCUT2D eigenvalue weighted by atomic mass is 35.5. The van der Waals surface area contributed by atoms with Crippen LogP contribution in [0.5, 0.6) is 0 Å². The average Bonchev–Trinajstić information content (AvgIpc) is 2.82. The number of rotatable bonds is 1. The summed E-state index contributed by atoms with van der Waals surface area (Å²) in [5, 5.41) is 10.8. The number of benzene rings is 1. The zero-order valence-electron chi connectivity index (χ0n) is 7.68. The molecule has 2 saturated heterocycles. The summed E-state index contributed by atoms with van der Waals surface area (Å²) < 4.78 is 0. The smallest absolute Gasteiger partial charge is 0.262 e. The summed E-state index contributed by atoms with van der Waals surface area (Å²) in [5.41, 5.74) is 0.162. The van der Waals surface area contributed by atoms with Gasteiger partial charge in [0.25, 0.3) is 5.72 Å². The molecule has 4 nitrogen and oxygen atoms in total. The fraction of sp³-hybridized carbons (Fsp3) is 0.300. The lowest BCUT2D eigenvalue weighted by molar-refractivity contribution is -0.191. The Bertz CT molecular complexity index is 442. The van der Waals surface area contributed by atoms with Crippen molar-refractivity contribution in [3.63, 3.8) is 0 Å². The number of hydrogen-bond acceptors (Lipinski definition) is 4. The minimum atomic E-state index is -0.843. The van der Waals surface area contributed by atoms with Gasteiger partial charge in [0, 0.05) is 11.4 Å². The van der Waals surface area contributed by atoms with E-state index in [1.807, 2.05) is 12.1 Å². The Morgan fingerprint density at radius 2 is 2.20 bits per heavy atom. The summed E-state index contributed by atoms with van der Waals surface area (Å²) in [4.78, 5) is 10.4. The molecular weight excluding hydrogens is 216 g/mol. The van der Waals surface area contributed by atoms with Crippen molar-refractivity contribution in [1.29, 1.82) is 5.26 Å². The van der Waals surface area contributed by atoms with E-state index in [2.05, 4.69) is 6.07 Å². The Hall–Kier alpha value is -1.12. The Morgan fingerprint density at radius 1 is 1.47 bits per heavy atom. The molecule has 3 atom stereocenters. The van der Waals surface area contributed by atoms with Crippen molar-refractivity contribution in [3.8, 4) is 6.07 Å². The van der Waals surface area contributed by atoms with Gasteiger partial charge in [-0.1, -0.05) is 23.7 Å². The summed E-state index contributed by atoms with van der Waals surface area (Å²) in [7, 11) is 0. The Morgan fingerprint density at radius 3 is 2.80 bits per heavy atom. The number of nitriles is 1. The Balaban J connectivity index is 1.82. The van der Waals surface area contributed by atoms with Crippen molar-refractivity contribution >= 4 is 11.6 Å². The van der Waals surface area contributed by atoms with Crippen LogP contribution in [0.2, 0.25) is 5.02 Å². The van der Waals surface area contributed by atoms with E-state index in [9.17, 15) is 0 Å². The van der Waals surface area contributed by atoms with Gasteiger partial charge < -0.3 is 0 Å². The quantitative estimate of drug-likeness (QED) is 0.684. The van der Waals surface area contributed by atoms with E-state index in [1.165, 1.54) is 5.23 Å². The van der Waals surface area contributed by atoms with Crippen LogP contribution in [-0.4, -0.2) is 11.0 Å². The second kappa shape index (κ2) is 2.94. The normalized spacial score (nSPS) is 37.1. The molecule has 1 aromatic carbocycles. The van der Waals surface area contributed by atoms with E-state index in [1.54, 1.807) is 12.1 Å². The predicted octanol–water partition coefficient (Wildman–Crippen LogP) is 2.18. The van der Waals surface area contributed by atoms with Gasteiger partial charge in [-0.15, -0.1) is 0 Å². The lowest BCUT2D eigenvalue weighted by atomic mass is 10.0. The highest BCUT2D eigenvalue weighted by Gasteiger charge is 2.65. The zero-order chi connectivity index (χ0) is 10.5. The van der Waals surface area contributed by atoms with Gasteiger partial charge in [-0.25, -0.2) is 4.84 Å².